The van der Waals surface area contributed by atoms with E-state index in [2.05, 4.69) is 20.7 Å². The van der Waals surface area contributed by atoms with Crippen LogP contribution in [0.15, 0.2) is 47.7 Å². The lowest BCUT2D eigenvalue weighted by atomic mass is 10.1. The summed E-state index contributed by atoms with van der Waals surface area (Å²) in [5, 5.41) is 10.6. The van der Waals surface area contributed by atoms with Crippen molar-refractivity contribution in [3.05, 3.63) is 54.1 Å². The molecule has 1 heterocycles. The van der Waals surface area contributed by atoms with Crippen LogP contribution in [0.25, 0.3) is 0 Å². The van der Waals surface area contributed by atoms with Gasteiger partial charge in [-0.3, -0.25) is 9.67 Å². The molecule has 118 valence electrons. The summed E-state index contributed by atoms with van der Waals surface area (Å²) in [5.41, 5.74) is 0.955. The largest absolute Gasteiger partial charge is 0.357 e. The van der Waals surface area contributed by atoms with Crippen molar-refractivity contribution in [1.82, 2.24) is 20.4 Å². The van der Waals surface area contributed by atoms with Crippen LogP contribution in [0.5, 0.6) is 0 Å². The summed E-state index contributed by atoms with van der Waals surface area (Å²) >= 11 is 0. The third-order valence-corrected chi connectivity index (χ3v) is 3.10. The molecule has 0 aliphatic rings. The molecule has 2 N–H and O–H groups in total. The van der Waals surface area contributed by atoms with E-state index in [0.717, 1.165) is 31.2 Å². The van der Waals surface area contributed by atoms with Gasteiger partial charge in [-0.15, -0.1) is 0 Å². The van der Waals surface area contributed by atoms with Gasteiger partial charge in [-0.05, 0) is 37.1 Å². The highest BCUT2D eigenvalue weighted by atomic mass is 19.1. The van der Waals surface area contributed by atoms with Crippen molar-refractivity contribution < 1.29 is 4.39 Å². The maximum absolute atomic E-state index is 13.1. The smallest absolute Gasteiger partial charge is 0.191 e. The Balaban J connectivity index is 1.78. The predicted molar refractivity (Wildman–Crippen MR) is 86.3 cm³/mol. The summed E-state index contributed by atoms with van der Waals surface area (Å²) in [7, 11) is 0. The van der Waals surface area contributed by atoms with Crippen molar-refractivity contribution in [1.29, 1.82) is 0 Å². The third kappa shape index (κ3) is 5.55. The average Bonchev–Trinajstić information content (AvgIpc) is 3.01. The second-order valence-electron chi connectivity index (χ2n) is 4.84. The lowest BCUT2D eigenvalue weighted by Crippen LogP contribution is -2.39. The Kier molecular flexibility index (Phi) is 6.41. The topological polar surface area (TPSA) is 54.2 Å². The normalized spacial score (nSPS) is 11.5. The number of benzene rings is 1. The molecule has 0 atom stereocenters. The van der Waals surface area contributed by atoms with Crippen molar-refractivity contribution in [2.45, 2.75) is 19.9 Å². The molecule has 0 unspecified atom stereocenters. The number of hydrogen-bond donors (Lipinski definition) is 2. The molecule has 0 aliphatic carbocycles. The Morgan fingerprint density at radius 1 is 1.32 bits per heavy atom. The molecule has 0 amide bonds. The maximum Gasteiger partial charge on any atom is 0.191 e. The molecule has 0 radical (unpaired) electrons. The van der Waals surface area contributed by atoms with Gasteiger partial charge in [0.1, 0.15) is 5.82 Å². The fourth-order valence-corrected chi connectivity index (χ4v) is 2.05. The number of guanidine groups is 1. The van der Waals surface area contributed by atoms with Gasteiger partial charge in [0.15, 0.2) is 5.96 Å². The highest BCUT2D eigenvalue weighted by molar-refractivity contribution is 5.79. The maximum atomic E-state index is 13.1. The molecule has 1 aromatic carbocycles. The standard InChI is InChI=1S/C16H22FN5/c1-2-18-16(20-10-12-22-11-4-8-21-22)19-9-7-14-5-3-6-15(17)13-14/h3-6,8,11,13H,2,7,9-10,12H2,1H3,(H2,18,19,20). The van der Waals surface area contributed by atoms with Crippen LogP contribution in [0.3, 0.4) is 0 Å². The first-order chi connectivity index (χ1) is 10.8. The van der Waals surface area contributed by atoms with Crippen molar-refractivity contribution >= 4 is 5.96 Å². The molecular weight excluding hydrogens is 281 g/mol. The lowest BCUT2D eigenvalue weighted by Gasteiger charge is -2.11. The first-order valence-corrected chi connectivity index (χ1v) is 7.52. The number of hydrogen-bond acceptors (Lipinski definition) is 2. The van der Waals surface area contributed by atoms with E-state index in [1.165, 1.54) is 6.07 Å². The third-order valence-electron chi connectivity index (χ3n) is 3.10. The molecule has 0 saturated heterocycles. The molecule has 0 aliphatic heterocycles. The van der Waals surface area contributed by atoms with Gasteiger partial charge in [0.25, 0.3) is 0 Å². The first-order valence-electron chi connectivity index (χ1n) is 7.52. The molecule has 0 saturated carbocycles. The highest BCUT2D eigenvalue weighted by Crippen LogP contribution is 2.04. The van der Waals surface area contributed by atoms with E-state index in [1.807, 2.05) is 29.9 Å². The SMILES string of the molecule is CCNC(=NCCc1cccc(F)c1)NCCn1cccn1. The number of nitrogens with zero attached hydrogens (tertiary/aromatic N) is 3. The quantitative estimate of drug-likeness (QED) is 0.606. The van der Waals surface area contributed by atoms with Gasteiger partial charge in [-0.25, -0.2) is 4.39 Å². The zero-order valence-corrected chi connectivity index (χ0v) is 12.8. The van der Waals surface area contributed by atoms with E-state index in [9.17, 15) is 4.39 Å². The van der Waals surface area contributed by atoms with E-state index in [0.29, 0.717) is 13.0 Å². The predicted octanol–water partition coefficient (Wildman–Crippen LogP) is 1.82. The second-order valence-corrected chi connectivity index (χ2v) is 4.84. The van der Waals surface area contributed by atoms with E-state index < -0.39 is 0 Å². The van der Waals surface area contributed by atoms with Crippen LogP contribution < -0.4 is 10.6 Å². The van der Waals surface area contributed by atoms with Gasteiger partial charge in [0, 0.05) is 32.0 Å². The molecule has 0 bridgehead atoms. The zero-order valence-electron chi connectivity index (χ0n) is 12.8. The lowest BCUT2D eigenvalue weighted by molar-refractivity contribution is 0.598. The van der Waals surface area contributed by atoms with Crippen LogP contribution in [0.4, 0.5) is 4.39 Å². The van der Waals surface area contributed by atoms with Gasteiger partial charge >= 0.3 is 0 Å². The van der Waals surface area contributed by atoms with Crippen molar-refractivity contribution in [3.8, 4) is 0 Å². The number of halogens is 1. The molecule has 0 fully saturated rings. The summed E-state index contributed by atoms with van der Waals surface area (Å²) in [6.45, 7) is 4.96. The number of nitrogens with one attached hydrogen (secondary N) is 2. The van der Waals surface area contributed by atoms with Gasteiger partial charge in [0.2, 0.25) is 0 Å². The Labute approximate surface area is 130 Å². The molecule has 0 spiro atoms. The first kappa shape index (κ1) is 16.0. The average molecular weight is 303 g/mol. The number of aliphatic imine (C=N–C) groups is 1. The van der Waals surface area contributed by atoms with Crippen molar-refractivity contribution in [2.24, 2.45) is 4.99 Å². The van der Waals surface area contributed by atoms with E-state index in [4.69, 9.17) is 0 Å². The van der Waals surface area contributed by atoms with E-state index in [1.54, 1.807) is 18.3 Å². The van der Waals surface area contributed by atoms with Gasteiger partial charge in [0.05, 0.1) is 6.54 Å². The molecule has 22 heavy (non-hydrogen) atoms. The molecule has 2 rings (SSSR count). The number of aromatic nitrogens is 2. The number of rotatable bonds is 7. The zero-order chi connectivity index (χ0) is 15.6. The Morgan fingerprint density at radius 3 is 2.95 bits per heavy atom. The minimum absolute atomic E-state index is 0.203. The molecule has 5 nitrogen and oxygen atoms in total. The molecular formula is C16H22FN5. The highest BCUT2D eigenvalue weighted by Gasteiger charge is 1.98. The Morgan fingerprint density at radius 2 is 2.23 bits per heavy atom. The summed E-state index contributed by atoms with van der Waals surface area (Å²) in [4.78, 5) is 4.50. The van der Waals surface area contributed by atoms with Gasteiger partial charge < -0.3 is 10.6 Å². The minimum Gasteiger partial charge on any atom is -0.357 e. The van der Waals surface area contributed by atoms with Crippen LogP contribution in [-0.2, 0) is 13.0 Å². The minimum atomic E-state index is -0.203. The van der Waals surface area contributed by atoms with Crippen LogP contribution >= 0.6 is 0 Å². The van der Waals surface area contributed by atoms with Gasteiger partial charge in [-0.2, -0.15) is 5.10 Å². The fraction of sp³-hybridized carbons (Fsp3) is 0.375. The fourth-order valence-electron chi connectivity index (χ4n) is 2.05. The van der Waals surface area contributed by atoms with E-state index in [-0.39, 0.29) is 5.82 Å². The van der Waals surface area contributed by atoms with Crippen LogP contribution in [0.1, 0.15) is 12.5 Å². The summed E-state index contributed by atoms with van der Waals surface area (Å²) in [5.74, 6) is 0.566. The second kappa shape index (κ2) is 8.81. The van der Waals surface area contributed by atoms with Crippen LogP contribution in [-0.4, -0.2) is 35.4 Å². The summed E-state index contributed by atoms with van der Waals surface area (Å²) < 4.78 is 15.0. The van der Waals surface area contributed by atoms with Crippen LogP contribution in [0, 0.1) is 5.82 Å². The van der Waals surface area contributed by atoms with Crippen LogP contribution in [0.2, 0.25) is 0 Å². The molecule has 6 heteroatoms. The summed E-state index contributed by atoms with van der Waals surface area (Å²) in [6, 6.07) is 8.54. The van der Waals surface area contributed by atoms with Crippen molar-refractivity contribution in [3.63, 3.8) is 0 Å². The van der Waals surface area contributed by atoms with Crippen molar-refractivity contribution in [2.75, 3.05) is 19.6 Å². The summed E-state index contributed by atoms with van der Waals surface area (Å²) in [6.07, 6.45) is 4.40. The Hall–Kier alpha value is -2.37. The molecule has 1 aromatic heterocycles. The Bertz CT molecular complexity index is 580. The molecule has 2 aromatic rings. The van der Waals surface area contributed by atoms with Gasteiger partial charge in [-0.1, -0.05) is 12.1 Å². The van der Waals surface area contributed by atoms with E-state index >= 15 is 0 Å². The monoisotopic (exact) mass is 303 g/mol.